The number of nitrogen functional groups attached to an aromatic ring is 1. The number of carbonyl (C=O) groups is 1. The Bertz CT molecular complexity index is 1450. The summed E-state index contributed by atoms with van der Waals surface area (Å²) in [7, 11) is 0. The van der Waals surface area contributed by atoms with Crippen LogP contribution in [-0.2, 0) is 12.0 Å². The SMILES string of the molecule is CC(C)C1C(C)CC(c2ccncc2NC(=O)c2nc(-c3c(F)cc(C(C)(C)O)cc3CC3CC3)ccc2N)CC1O. The van der Waals surface area contributed by atoms with Gasteiger partial charge in [0.25, 0.3) is 5.91 Å². The molecule has 5 rings (SSSR count). The van der Waals surface area contributed by atoms with Crippen LogP contribution in [0.5, 0.6) is 0 Å². The lowest BCUT2D eigenvalue weighted by molar-refractivity contribution is 0.00428. The molecule has 224 valence electrons. The highest BCUT2D eigenvalue weighted by atomic mass is 19.1. The zero-order valence-corrected chi connectivity index (χ0v) is 25.2. The number of rotatable bonds is 8. The van der Waals surface area contributed by atoms with Gasteiger partial charge in [-0.25, -0.2) is 9.37 Å². The lowest BCUT2D eigenvalue weighted by Gasteiger charge is -2.41. The number of pyridine rings is 2. The zero-order chi connectivity index (χ0) is 30.3. The molecule has 0 saturated heterocycles. The van der Waals surface area contributed by atoms with Gasteiger partial charge in [0, 0.05) is 11.8 Å². The van der Waals surface area contributed by atoms with Gasteiger partial charge in [-0.1, -0.05) is 26.8 Å². The number of aromatic nitrogens is 2. The summed E-state index contributed by atoms with van der Waals surface area (Å²) < 4.78 is 15.7. The van der Waals surface area contributed by atoms with E-state index in [4.69, 9.17) is 5.73 Å². The van der Waals surface area contributed by atoms with Crippen LogP contribution in [0.25, 0.3) is 11.3 Å². The summed E-state index contributed by atoms with van der Waals surface area (Å²) in [6, 6.07) is 8.30. The molecule has 0 aliphatic heterocycles. The Kier molecular flexibility index (Phi) is 8.41. The molecule has 8 heteroatoms. The van der Waals surface area contributed by atoms with Crippen molar-refractivity contribution in [3.63, 3.8) is 0 Å². The summed E-state index contributed by atoms with van der Waals surface area (Å²) in [6.45, 7) is 9.75. The van der Waals surface area contributed by atoms with Gasteiger partial charge in [-0.15, -0.1) is 0 Å². The predicted octanol–water partition coefficient (Wildman–Crippen LogP) is 6.44. The predicted molar refractivity (Wildman–Crippen MR) is 163 cm³/mol. The van der Waals surface area contributed by atoms with Crippen molar-refractivity contribution in [1.29, 1.82) is 0 Å². The summed E-state index contributed by atoms with van der Waals surface area (Å²) in [4.78, 5) is 22.4. The average molecular weight is 575 g/mol. The molecule has 0 bridgehead atoms. The second-order valence-corrected chi connectivity index (χ2v) is 13.3. The first-order chi connectivity index (χ1) is 19.8. The highest BCUT2D eigenvalue weighted by molar-refractivity contribution is 6.07. The van der Waals surface area contributed by atoms with Gasteiger partial charge >= 0.3 is 0 Å². The largest absolute Gasteiger partial charge is 0.397 e. The molecule has 42 heavy (non-hydrogen) atoms. The Morgan fingerprint density at radius 3 is 2.57 bits per heavy atom. The smallest absolute Gasteiger partial charge is 0.276 e. The number of amides is 1. The van der Waals surface area contributed by atoms with Gasteiger partial charge in [-0.05, 0) is 116 Å². The first-order valence-corrected chi connectivity index (χ1v) is 15.1. The highest BCUT2D eigenvalue weighted by Crippen LogP contribution is 2.44. The van der Waals surface area contributed by atoms with E-state index in [1.165, 1.54) is 6.07 Å². The summed E-state index contributed by atoms with van der Waals surface area (Å²) in [5, 5.41) is 24.5. The number of anilines is 2. The van der Waals surface area contributed by atoms with E-state index in [1.807, 2.05) is 12.1 Å². The number of carbonyl (C=O) groups excluding carboxylic acids is 1. The molecule has 1 aromatic carbocycles. The third-order valence-corrected chi connectivity index (χ3v) is 9.08. The lowest BCUT2D eigenvalue weighted by atomic mass is 9.67. The molecule has 0 spiro atoms. The number of hydrogen-bond donors (Lipinski definition) is 4. The van der Waals surface area contributed by atoms with E-state index in [1.54, 1.807) is 38.4 Å². The highest BCUT2D eigenvalue weighted by Gasteiger charge is 2.37. The van der Waals surface area contributed by atoms with Crippen LogP contribution >= 0.6 is 0 Å². The quantitative estimate of drug-likeness (QED) is 0.246. The average Bonchev–Trinajstić information content (AvgIpc) is 3.72. The van der Waals surface area contributed by atoms with E-state index < -0.39 is 23.4 Å². The van der Waals surface area contributed by atoms with Crippen molar-refractivity contribution in [1.82, 2.24) is 9.97 Å². The minimum atomic E-state index is -1.19. The third kappa shape index (κ3) is 6.35. The maximum atomic E-state index is 15.7. The van der Waals surface area contributed by atoms with Crippen molar-refractivity contribution in [3.8, 4) is 11.3 Å². The zero-order valence-electron chi connectivity index (χ0n) is 25.2. The van der Waals surface area contributed by atoms with Crippen LogP contribution in [0.4, 0.5) is 15.8 Å². The standard InChI is InChI=1S/C34H43FN4O3/c1-18(2)30-19(3)12-21(15-29(30)40)24-10-11-37-17-28(24)39-33(41)32-26(36)8-9-27(38-32)31-22(13-20-6-7-20)14-23(16-25(31)35)34(4,5)42/h8-11,14,16-21,29-30,40,42H,6-7,12-13,15,36H2,1-5H3,(H,39,41). The Morgan fingerprint density at radius 2 is 1.93 bits per heavy atom. The third-order valence-electron chi connectivity index (χ3n) is 9.08. The Morgan fingerprint density at radius 1 is 1.19 bits per heavy atom. The molecule has 2 aliphatic carbocycles. The van der Waals surface area contributed by atoms with Gasteiger partial charge in [0.15, 0.2) is 5.69 Å². The van der Waals surface area contributed by atoms with Crippen LogP contribution in [0.1, 0.15) is 93.4 Å². The fourth-order valence-corrected chi connectivity index (χ4v) is 6.82. The van der Waals surface area contributed by atoms with Crippen molar-refractivity contribution in [2.24, 2.45) is 23.7 Å². The number of aliphatic hydroxyl groups excluding tert-OH is 1. The van der Waals surface area contributed by atoms with Crippen LogP contribution in [-0.4, -0.2) is 32.2 Å². The number of nitrogens with two attached hydrogens (primary N) is 1. The second kappa shape index (κ2) is 11.7. The summed E-state index contributed by atoms with van der Waals surface area (Å²) in [5.41, 5.74) is 8.60. The summed E-state index contributed by atoms with van der Waals surface area (Å²) >= 11 is 0. The van der Waals surface area contributed by atoms with Crippen molar-refractivity contribution >= 4 is 17.3 Å². The number of aliphatic hydroxyl groups is 2. The van der Waals surface area contributed by atoms with Crippen molar-refractivity contribution in [2.75, 3.05) is 11.1 Å². The molecule has 2 aromatic heterocycles. The molecule has 2 aliphatic rings. The number of nitrogens with one attached hydrogen (secondary N) is 1. The molecule has 4 atom stereocenters. The Labute approximate surface area is 247 Å². The number of benzene rings is 1. The minimum absolute atomic E-state index is 0.00237. The molecule has 7 nitrogen and oxygen atoms in total. The van der Waals surface area contributed by atoms with Crippen LogP contribution in [0.15, 0.2) is 42.7 Å². The number of halogens is 1. The summed E-state index contributed by atoms with van der Waals surface area (Å²) in [6.07, 6.45) is 7.23. The van der Waals surface area contributed by atoms with Gasteiger partial charge in [0.05, 0.1) is 35.0 Å². The maximum absolute atomic E-state index is 15.7. The second-order valence-electron chi connectivity index (χ2n) is 13.3. The van der Waals surface area contributed by atoms with Crippen LogP contribution in [0.2, 0.25) is 0 Å². The van der Waals surface area contributed by atoms with Gasteiger partial charge in [0.2, 0.25) is 0 Å². The van der Waals surface area contributed by atoms with Gasteiger partial charge in [-0.3, -0.25) is 9.78 Å². The Balaban J connectivity index is 1.45. The van der Waals surface area contributed by atoms with Crippen molar-refractivity contribution in [2.45, 2.75) is 84.3 Å². The molecule has 2 saturated carbocycles. The molecule has 2 heterocycles. The van der Waals surface area contributed by atoms with Crippen LogP contribution in [0.3, 0.4) is 0 Å². The minimum Gasteiger partial charge on any atom is -0.397 e. The van der Waals surface area contributed by atoms with E-state index in [-0.39, 0.29) is 23.2 Å². The molecule has 0 radical (unpaired) electrons. The van der Waals surface area contributed by atoms with Crippen molar-refractivity contribution < 1.29 is 19.4 Å². The van der Waals surface area contributed by atoms with E-state index in [0.717, 1.165) is 30.4 Å². The molecule has 5 N–H and O–H groups in total. The van der Waals surface area contributed by atoms with E-state index in [2.05, 4.69) is 36.1 Å². The van der Waals surface area contributed by atoms with Crippen LogP contribution < -0.4 is 11.1 Å². The monoisotopic (exact) mass is 574 g/mol. The normalized spacial score (nSPS) is 22.8. The molecule has 3 aromatic rings. The maximum Gasteiger partial charge on any atom is 0.276 e. The molecular formula is C34H43FN4O3. The lowest BCUT2D eigenvalue weighted by Crippen LogP contribution is -2.37. The van der Waals surface area contributed by atoms with Gasteiger partial charge in [-0.2, -0.15) is 0 Å². The first kappa shape index (κ1) is 30.1. The summed E-state index contributed by atoms with van der Waals surface area (Å²) in [5.74, 6) is 0.474. The topological polar surface area (TPSA) is 121 Å². The molecule has 2 fully saturated rings. The number of nitrogens with zero attached hydrogens (tertiary/aromatic N) is 2. The fraction of sp³-hybridized carbons (Fsp3) is 0.500. The van der Waals surface area contributed by atoms with Crippen LogP contribution in [0, 0.1) is 29.5 Å². The van der Waals surface area contributed by atoms with E-state index in [0.29, 0.717) is 53.1 Å². The van der Waals surface area contributed by atoms with Gasteiger partial charge < -0.3 is 21.3 Å². The van der Waals surface area contributed by atoms with E-state index in [9.17, 15) is 15.0 Å². The number of hydrogen-bond acceptors (Lipinski definition) is 6. The Hall–Kier alpha value is -3.36. The molecule has 1 amide bonds. The van der Waals surface area contributed by atoms with Gasteiger partial charge in [0.1, 0.15) is 5.82 Å². The molecular weight excluding hydrogens is 531 g/mol. The fourth-order valence-electron chi connectivity index (χ4n) is 6.82. The van der Waals surface area contributed by atoms with E-state index >= 15 is 4.39 Å². The molecule has 4 unspecified atom stereocenters. The first-order valence-electron chi connectivity index (χ1n) is 15.1. The van der Waals surface area contributed by atoms with Crippen molar-refractivity contribution in [3.05, 3.63) is 70.9 Å².